The lowest BCUT2D eigenvalue weighted by atomic mass is 10.1. The van der Waals surface area contributed by atoms with E-state index in [1.165, 1.54) is 16.6 Å². The summed E-state index contributed by atoms with van der Waals surface area (Å²) >= 11 is 0. The number of nitrogens with zero attached hydrogens (tertiary/aromatic N) is 5. The van der Waals surface area contributed by atoms with Crippen LogP contribution >= 0.6 is 0 Å². The van der Waals surface area contributed by atoms with Gasteiger partial charge in [0.15, 0.2) is 0 Å². The van der Waals surface area contributed by atoms with Crippen LogP contribution < -0.4 is 5.32 Å². The zero-order valence-corrected chi connectivity index (χ0v) is 24.0. The highest BCUT2D eigenvalue weighted by Gasteiger charge is 2.37. The summed E-state index contributed by atoms with van der Waals surface area (Å²) in [7, 11) is -3.52. The van der Waals surface area contributed by atoms with Gasteiger partial charge in [-0.2, -0.15) is 13.2 Å². The third-order valence-electron chi connectivity index (χ3n) is 8.29. The zero-order chi connectivity index (χ0) is 29.6. The monoisotopic (exact) mass is 605 g/mol. The molecule has 226 valence electrons. The van der Waals surface area contributed by atoms with Crippen LogP contribution in [0.3, 0.4) is 0 Å². The number of benzene rings is 1. The molecule has 2 fully saturated rings. The number of aliphatic hydroxyl groups is 1. The first-order valence-corrected chi connectivity index (χ1v) is 16.1. The van der Waals surface area contributed by atoms with Crippen LogP contribution in [-0.4, -0.2) is 73.8 Å². The molecule has 3 heterocycles. The average molecular weight is 606 g/mol. The number of aliphatic hydroxyl groups excluding tert-OH is 1. The summed E-state index contributed by atoms with van der Waals surface area (Å²) in [6.45, 7) is 0.491. The summed E-state index contributed by atoms with van der Waals surface area (Å²) < 4.78 is 67.8. The zero-order valence-electron chi connectivity index (χ0n) is 23.2. The van der Waals surface area contributed by atoms with Gasteiger partial charge in [0.1, 0.15) is 23.6 Å². The second-order valence-corrected chi connectivity index (χ2v) is 13.5. The van der Waals surface area contributed by atoms with Gasteiger partial charge in [0.25, 0.3) is 0 Å². The maximum absolute atomic E-state index is 13.0. The maximum atomic E-state index is 13.0. The van der Waals surface area contributed by atoms with Crippen molar-refractivity contribution in [3.8, 4) is 0 Å². The van der Waals surface area contributed by atoms with Crippen molar-refractivity contribution in [3.05, 3.63) is 48.2 Å². The highest BCUT2D eigenvalue weighted by atomic mass is 32.2. The van der Waals surface area contributed by atoms with Gasteiger partial charge in [0.05, 0.1) is 34.3 Å². The molecule has 2 aliphatic rings. The van der Waals surface area contributed by atoms with Crippen molar-refractivity contribution in [2.75, 3.05) is 24.7 Å². The van der Waals surface area contributed by atoms with Crippen LogP contribution in [0.2, 0.25) is 0 Å². The summed E-state index contributed by atoms with van der Waals surface area (Å²) in [5.74, 6) is 1.14. The Labute approximate surface area is 241 Å². The molecule has 0 unspecified atom stereocenters. The van der Waals surface area contributed by atoms with Gasteiger partial charge in [0.2, 0.25) is 10.0 Å². The number of alkyl halides is 3. The fourth-order valence-electron chi connectivity index (χ4n) is 5.89. The standard InChI is InChI=1S/C28H34F3N7O3S/c1-42(40,41)37(10-3-2-4-25-35-22-8-5-18(28(29,30)31)13-23(22)36-25)15-17-12-20(14-24(17)39)38-11-9-21-26(34-19-6-7-19)32-16-33-27(21)38/h5,8-9,11,13,16-17,19-20,24,39H,2-4,6-7,10,12,14-15H2,1H3,(H,35,36)(H,32,33,34)/t17-,20-,24+/m1/s1. The first kappa shape index (κ1) is 28.9. The van der Waals surface area contributed by atoms with Crippen LogP contribution in [0.25, 0.3) is 22.1 Å². The molecule has 1 aromatic carbocycles. The summed E-state index contributed by atoms with van der Waals surface area (Å²) in [6.07, 6.45) is 4.59. The fourth-order valence-corrected chi connectivity index (χ4v) is 6.81. The Hall–Kier alpha value is -3.23. The molecule has 14 heteroatoms. The van der Waals surface area contributed by atoms with Gasteiger partial charge >= 0.3 is 6.18 Å². The van der Waals surface area contributed by atoms with Crippen molar-refractivity contribution in [2.45, 2.75) is 69.3 Å². The number of aromatic amines is 1. The van der Waals surface area contributed by atoms with Crippen LogP contribution in [0.5, 0.6) is 0 Å². The Morgan fingerprint density at radius 2 is 1.98 bits per heavy atom. The SMILES string of the molecule is CS(=O)(=O)N(CCCCc1nc2cc(C(F)(F)F)ccc2[nH]1)C[C@H]1C[C@@H](n2ccc3c(NC4CC4)ncnc32)C[C@@H]1O. The van der Waals surface area contributed by atoms with Gasteiger partial charge in [-0.15, -0.1) is 0 Å². The molecule has 0 saturated heterocycles. The van der Waals surface area contributed by atoms with Gasteiger partial charge in [-0.25, -0.2) is 27.7 Å². The molecule has 3 atom stereocenters. The minimum absolute atomic E-state index is 0.0152. The highest BCUT2D eigenvalue weighted by Crippen LogP contribution is 2.39. The largest absolute Gasteiger partial charge is 0.416 e. The van der Waals surface area contributed by atoms with E-state index in [1.54, 1.807) is 6.33 Å². The molecule has 2 aliphatic carbocycles. The number of hydrogen-bond donors (Lipinski definition) is 3. The Morgan fingerprint density at radius 3 is 2.71 bits per heavy atom. The van der Waals surface area contributed by atoms with E-state index >= 15 is 0 Å². The van der Waals surface area contributed by atoms with Crippen LogP contribution in [0.15, 0.2) is 36.8 Å². The summed E-state index contributed by atoms with van der Waals surface area (Å²) in [5, 5.41) is 15.3. The first-order valence-electron chi connectivity index (χ1n) is 14.2. The van der Waals surface area contributed by atoms with Crippen molar-refractivity contribution in [1.82, 2.24) is 28.8 Å². The predicted molar refractivity (Wildman–Crippen MR) is 152 cm³/mol. The number of H-pyrrole nitrogens is 1. The molecular formula is C28H34F3N7O3S. The van der Waals surface area contributed by atoms with Crippen molar-refractivity contribution >= 4 is 37.9 Å². The summed E-state index contributed by atoms with van der Waals surface area (Å²) in [5.41, 5.74) is 0.825. The van der Waals surface area contributed by atoms with E-state index in [9.17, 15) is 26.7 Å². The van der Waals surface area contributed by atoms with E-state index in [0.717, 1.165) is 41.8 Å². The molecule has 0 radical (unpaired) electrons. The molecule has 10 nitrogen and oxygen atoms in total. The molecule has 0 bridgehead atoms. The average Bonchev–Trinajstić information content (AvgIpc) is 3.31. The van der Waals surface area contributed by atoms with Crippen molar-refractivity contribution in [2.24, 2.45) is 5.92 Å². The minimum Gasteiger partial charge on any atom is -0.393 e. The number of halogens is 3. The molecule has 42 heavy (non-hydrogen) atoms. The lowest BCUT2D eigenvalue weighted by Gasteiger charge is -2.25. The lowest BCUT2D eigenvalue weighted by Crippen LogP contribution is -2.37. The third kappa shape index (κ3) is 6.25. The number of imidazole rings is 1. The molecule has 3 N–H and O–H groups in total. The number of rotatable bonds is 11. The lowest BCUT2D eigenvalue weighted by molar-refractivity contribution is -0.137. The van der Waals surface area contributed by atoms with E-state index in [1.807, 2.05) is 12.3 Å². The molecule has 0 amide bonds. The molecule has 2 saturated carbocycles. The van der Waals surface area contributed by atoms with Crippen LogP contribution in [0.1, 0.15) is 56.0 Å². The number of nitrogens with one attached hydrogen (secondary N) is 2. The van der Waals surface area contributed by atoms with Gasteiger partial charge < -0.3 is 20.0 Å². The first-order chi connectivity index (χ1) is 20.0. The van der Waals surface area contributed by atoms with Gasteiger partial charge in [-0.1, -0.05) is 0 Å². The molecule has 6 rings (SSSR count). The second kappa shape index (κ2) is 11.1. The minimum atomic E-state index is -4.43. The van der Waals surface area contributed by atoms with Crippen molar-refractivity contribution in [3.63, 3.8) is 0 Å². The van der Waals surface area contributed by atoms with E-state index in [2.05, 4.69) is 29.8 Å². The van der Waals surface area contributed by atoms with Gasteiger partial charge in [0, 0.05) is 43.7 Å². The van der Waals surface area contributed by atoms with Crippen molar-refractivity contribution in [1.29, 1.82) is 0 Å². The maximum Gasteiger partial charge on any atom is 0.416 e. The van der Waals surface area contributed by atoms with E-state index in [0.29, 0.717) is 49.5 Å². The Kier molecular flexibility index (Phi) is 7.64. The molecular weight excluding hydrogens is 571 g/mol. The number of hydrogen-bond acceptors (Lipinski definition) is 7. The quantitative estimate of drug-likeness (QED) is 0.215. The van der Waals surface area contributed by atoms with Gasteiger partial charge in [-0.3, -0.25) is 0 Å². The number of fused-ring (bicyclic) bond motifs is 2. The van der Waals surface area contributed by atoms with Crippen LogP contribution in [0, 0.1) is 5.92 Å². The molecule has 3 aromatic heterocycles. The predicted octanol–water partition coefficient (Wildman–Crippen LogP) is 4.50. The summed E-state index contributed by atoms with van der Waals surface area (Å²) in [6, 6.07) is 5.84. The topological polar surface area (TPSA) is 129 Å². The number of aryl methyl sites for hydroxylation is 1. The second-order valence-electron chi connectivity index (χ2n) is 11.5. The summed E-state index contributed by atoms with van der Waals surface area (Å²) in [4.78, 5) is 16.2. The third-order valence-corrected chi connectivity index (χ3v) is 9.56. The number of unbranched alkanes of at least 4 members (excludes halogenated alkanes) is 1. The van der Waals surface area contributed by atoms with E-state index in [4.69, 9.17) is 0 Å². The fraction of sp³-hybridized carbons (Fsp3) is 0.536. The smallest absolute Gasteiger partial charge is 0.393 e. The van der Waals surface area contributed by atoms with E-state index in [-0.39, 0.29) is 30.6 Å². The number of anilines is 1. The number of aromatic nitrogens is 5. The highest BCUT2D eigenvalue weighted by molar-refractivity contribution is 7.88. The molecule has 0 aliphatic heterocycles. The number of sulfonamides is 1. The Balaban J connectivity index is 1.06. The normalized spacial score (nSPS) is 21.6. The van der Waals surface area contributed by atoms with Crippen LogP contribution in [-0.2, 0) is 22.6 Å². The van der Waals surface area contributed by atoms with Crippen molar-refractivity contribution < 1.29 is 26.7 Å². The van der Waals surface area contributed by atoms with E-state index < -0.39 is 27.9 Å². The molecule has 4 aromatic rings. The van der Waals surface area contributed by atoms with Crippen LogP contribution in [0.4, 0.5) is 19.0 Å². The molecule has 0 spiro atoms. The Bertz CT molecular complexity index is 1680. The van der Waals surface area contributed by atoms with Gasteiger partial charge in [-0.05, 0) is 62.8 Å². The Morgan fingerprint density at radius 1 is 1.17 bits per heavy atom.